The van der Waals surface area contributed by atoms with Gasteiger partial charge in [0.05, 0.1) is 5.69 Å². The van der Waals surface area contributed by atoms with E-state index in [0.717, 1.165) is 47.7 Å². The molecule has 2 N–H and O–H groups in total. The molecule has 3 aromatic carbocycles. The van der Waals surface area contributed by atoms with Gasteiger partial charge in [0.1, 0.15) is 5.82 Å². The lowest BCUT2D eigenvalue weighted by Crippen LogP contribution is -2.14. The Kier molecular flexibility index (Phi) is 7.12. The van der Waals surface area contributed by atoms with Crippen LogP contribution in [0, 0.1) is 6.92 Å². The smallest absolute Gasteiger partial charge is 0.267 e. The minimum Gasteiger partial charge on any atom is -0.328 e. The molecule has 166 valence electrons. The molecule has 1 amide bonds. The molecule has 1 heterocycles. The Balaban J connectivity index is 1.70. The number of amides is 1. The Hall–Kier alpha value is -3.96. The van der Waals surface area contributed by atoms with E-state index in [1.165, 1.54) is 17.2 Å². The van der Waals surface area contributed by atoms with Crippen LogP contribution in [-0.2, 0) is 24.2 Å². The first-order valence-electron chi connectivity index (χ1n) is 11.0. The van der Waals surface area contributed by atoms with Gasteiger partial charge in [-0.2, -0.15) is 0 Å². The van der Waals surface area contributed by atoms with E-state index in [2.05, 4.69) is 60.0 Å². The second kappa shape index (κ2) is 10.6. The van der Waals surface area contributed by atoms with Gasteiger partial charge in [0, 0.05) is 30.3 Å². The molecule has 0 fully saturated rings. The van der Waals surface area contributed by atoms with E-state index < -0.39 is 5.91 Å². The van der Waals surface area contributed by atoms with Crippen LogP contribution >= 0.6 is 0 Å². The number of hydrogen-bond donors (Lipinski definition) is 2. The van der Waals surface area contributed by atoms with Crippen LogP contribution < -0.4 is 5.48 Å². The number of nitrogens with zero attached hydrogens (tertiary/aromatic N) is 2. The summed E-state index contributed by atoms with van der Waals surface area (Å²) in [4.78, 5) is 16.4. The summed E-state index contributed by atoms with van der Waals surface area (Å²) in [6.07, 6.45) is 4.65. The second-order valence-electron chi connectivity index (χ2n) is 7.95. The Labute approximate surface area is 194 Å². The molecule has 0 radical (unpaired) electrons. The van der Waals surface area contributed by atoms with Crippen molar-refractivity contribution in [2.45, 2.75) is 26.3 Å². The summed E-state index contributed by atoms with van der Waals surface area (Å²) < 4.78 is 2.29. The quantitative estimate of drug-likeness (QED) is 0.226. The van der Waals surface area contributed by atoms with Gasteiger partial charge in [0.2, 0.25) is 0 Å². The Morgan fingerprint density at radius 1 is 0.970 bits per heavy atom. The fraction of sp³-hybridized carbons (Fsp3) is 0.143. The molecule has 5 nitrogen and oxygen atoms in total. The van der Waals surface area contributed by atoms with Crippen LogP contribution in [0.5, 0.6) is 0 Å². The highest BCUT2D eigenvalue weighted by Gasteiger charge is 2.16. The summed E-state index contributed by atoms with van der Waals surface area (Å²) in [6.45, 7) is 2.95. The number of nitrogens with one attached hydrogen (secondary N) is 1. The van der Waals surface area contributed by atoms with Gasteiger partial charge in [0.25, 0.3) is 5.91 Å². The molecule has 33 heavy (non-hydrogen) atoms. The minimum atomic E-state index is -0.564. The molecule has 0 spiro atoms. The fourth-order valence-corrected chi connectivity index (χ4v) is 3.91. The number of carbonyl (C=O) groups excluding carboxylic acids is 1. The lowest BCUT2D eigenvalue weighted by molar-refractivity contribution is -0.124. The number of imidazole rings is 1. The average Bonchev–Trinajstić information content (AvgIpc) is 3.17. The van der Waals surface area contributed by atoms with E-state index in [9.17, 15) is 4.79 Å². The zero-order chi connectivity index (χ0) is 23.0. The number of hydrogen-bond acceptors (Lipinski definition) is 3. The summed E-state index contributed by atoms with van der Waals surface area (Å²) in [6, 6.07) is 28.8. The van der Waals surface area contributed by atoms with Crippen molar-refractivity contribution < 1.29 is 10.0 Å². The van der Waals surface area contributed by atoms with E-state index >= 15 is 0 Å². The monoisotopic (exact) mass is 437 g/mol. The number of carbonyl (C=O) groups is 1. The fourth-order valence-electron chi connectivity index (χ4n) is 3.91. The van der Waals surface area contributed by atoms with Crippen molar-refractivity contribution in [3.8, 4) is 11.4 Å². The lowest BCUT2D eigenvalue weighted by atomic mass is 10.1. The Bertz CT molecular complexity index is 1240. The summed E-state index contributed by atoms with van der Waals surface area (Å²) >= 11 is 0. The van der Waals surface area contributed by atoms with E-state index in [-0.39, 0.29) is 0 Å². The molecule has 0 aliphatic heterocycles. The van der Waals surface area contributed by atoms with E-state index in [0.29, 0.717) is 0 Å². The third-order valence-corrected chi connectivity index (χ3v) is 5.68. The lowest BCUT2D eigenvalue weighted by Gasteiger charge is -2.11. The van der Waals surface area contributed by atoms with Crippen molar-refractivity contribution in [3.63, 3.8) is 0 Å². The minimum absolute atomic E-state index is 0.564. The third-order valence-electron chi connectivity index (χ3n) is 5.68. The molecule has 0 unspecified atom stereocenters. The van der Waals surface area contributed by atoms with Gasteiger partial charge in [0.15, 0.2) is 0 Å². The van der Waals surface area contributed by atoms with Crippen LogP contribution in [0.1, 0.15) is 28.1 Å². The van der Waals surface area contributed by atoms with E-state index in [1.807, 2.05) is 36.4 Å². The molecule has 0 saturated heterocycles. The van der Waals surface area contributed by atoms with Gasteiger partial charge >= 0.3 is 0 Å². The molecule has 5 heteroatoms. The van der Waals surface area contributed by atoms with Crippen molar-refractivity contribution in [1.29, 1.82) is 0 Å². The average molecular weight is 438 g/mol. The van der Waals surface area contributed by atoms with Gasteiger partial charge in [-0.05, 0) is 42.2 Å². The van der Waals surface area contributed by atoms with Crippen LogP contribution in [0.3, 0.4) is 0 Å². The van der Waals surface area contributed by atoms with Gasteiger partial charge in [-0.1, -0.05) is 78.9 Å². The summed E-state index contributed by atoms with van der Waals surface area (Å²) in [5.41, 5.74) is 8.19. The maximum Gasteiger partial charge on any atom is 0.267 e. The zero-order valence-corrected chi connectivity index (χ0v) is 18.6. The standard InChI is InChI=1S/C28H27N3O2/c1-21-26(20-23-11-6-3-7-12-23)29-28(31(21)18-17-22-9-4-2-5-10-22)25-14-8-13-24(19-25)15-16-27(32)30-33/h2-16,19,33H,17-18,20H2,1H3,(H,30,32)/b16-15+. The van der Waals surface area contributed by atoms with Crippen molar-refractivity contribution in [2.75, 3.05) is 0 Å². The van der Waals surface area contributed by atoms with E-state index in [1.54, 1.807) is 11.6 Å². The number of benzene rings is 3. The molecule has 0 atom stereocenters. The van der Waals surface area contributed by atoms with Crippen molar-refractivity contribution >= 4 is 12.0 Å². The summed E-state index contributed by atoms with van der Waals surface area (Å²) in [5.74, 6) is 0.349. The van der Waals surface area contributed by atoms with Gasteiger partial charge in [-0.25, -0.2) is 10.5 Å². The molecule has 1 aromatic heterocycles. The third kappa shape index (κ3) is 5.64. The van der Waals surface area contributed by atoms with Gasteiger partial charge < -0.3 is 4.57 Å². The maximum atomic E-state index is 11.4. The first-order valence-corrected chi connectivity index (χ1v) is 11.0. The zero-order valence-electron chi connectivity index (χ0n) is 18.6. The molecular weight excluding hydrogens is 410 g/mol. The molecule has 0 aliphatic carbocycles. The first-order chi connectivity index (χ1) is 16.1. The highest BCUT2D eigenvalue weighted by atomic mass is 16.5. The molecule has 0 saturated carbocycles. The van der Waals surface area contributed by atoms with Crippen LogP contribution in [0.2, 0.25) is 0 Å². The number of rotatable bonds is 8. The number of aromatic nitrogens is 2. The van der Waals surface area contributed by atoms with Crippen molar-refractivity contribution in [1.82, 2.24) is 15.0 Å². The second-order valence-corrected chi connectivity index (χ2v) is 7.95. The first kappa shape index (κ1) is 22.2. The van der Waals surface area contributed by atoms with Crippen LogP contribution in [0.25, 0.3) is 17.5 Å². The number of aryl methyl sites for hydroxylation is 1. The van der Waals surface area contributed by atoms with Gasteiger partial charge in [-0.15, -0.1) is 0 Å². The predicted octanol–water partition coefficient (Wildman–Crippen LogP) is 5.21. The van der Waals surface area contributed by atoms with Crippen LogP contribution in [0.4, 0.5) is 0 Å². The number of hydroxylamine groups is 1. The normalized spacial score (nSPS) is 11.1. The largest absolute Gasteiger partial charge is 0.328 e. The Morgan fingerprint density at radius 3 is 2.36 bits per heavy atom. The molecule has 0 bridgehead atoms. The Morgan fingerprint density at radius 2 is 1.67 bits per heavy atom. The maximum absolute atomic E-state index is 11.4. The topological polar surface area (TPSA) is 67.2 Å². The van der Waals surface area contributed by atoms with Gasteiger partial charge in [-0.3, -0.25) is 10.0 Å². The van der Waals surface area contributed by atoms with E-state index in [4.69, 9.17) is 10.2 Å². The van der Waals surface area contributed by atoms with Crippen molar-refractivity contribution in [3.05, 3.63) is 119 Å². The highest BCUT2D eigenvalue weighted by molar-refractivity contribution is 5.91. The summed E-state index contributed by atoms with van der Waals surface area (Å²) in [5, 5.41) is 8.73. The molecule has 0 aliphatic rings. The summed E-state index contributed by atoms with van der Waals surface area (Å²) in [7, 11) is 0. The highest BCUT2D eigenvalue weighted by Crippen LogP contribution is 2.26. The van der Waals surface area contributed by atoms with Crippen LogP contribution in [0.15, 0.2) is 91.0 Å². The van der Waals surface area contributed by atoms with Crippen LogP contribution in [-0.4, -0.2) is 20.7 Å². The predicted molar refractivity (Wildman–Crippen MR) is 131 cm³/mol. The molecule has 4 aromatic rings. The van der Waals surface area contributed by atoms with Crippen molar-refractivity contribution in [2.24, 2.45) is 0 Å². The SMILES string of the molecule is Cc1c(Cc2ccccc2)nc(-c2cccc(/C=C/C(=O)NO)c2)n1CCc1ccccc1. The molecular formula is C28H27N3O2. The molecule has 4 rings (SSSR count).